The first-order valence-electron chi connectivity index (χ1n) is 4.43. The van der Waals surface area contributed by atoms with Gasteiger partial charge in [-0.3, -0.25) is 4.79 Å². The minimum absolute atomic E-state index is 0.209. The molecule has 1 aromatic rings. The summed E-state index contributed by atoms with van der Waals surface area (Å²) in [5, 5.41) is 0. The molecule has 0 bridgehead atoms. The highest BCUT2D eigenvalue weighted by Crippen LogP contribution is 2.01. The van der Waals surface area contributed by atoms with Gasteiger partial charge in [-0.15, -0.1) is 0 Å². The van der Waals surface area contributed by atoms with E-state index in [0.29, 0.717) is 6.42 Å². The van der Waals surface area contributed by atoms with E-state index in [1.807, 2.05) is 51.1 Å². The maximum absolute atomic E-state index is 11.0. The summed E-state index contributed by atoms with van der Waals surface area (Å²) in [7, 11) is 0. The number of carbonyl (C=O) groups is 1. The van der Waals surface area contributed by atoms with Crippen molar-refractivity contribution in [1.82, 2.24) is 0 Å². The van der Waals surface area contributed by atoms with Crippen molar-refractivity contribution in [3.63, 3.8) is 0 Å². The van der Waals surface area contributed by atoms with Crippen LogP contribution in [0, 0.1) is 0 Å². The Morgan fingerprint density at radius 2 is 1.67 bits per heavy atom. The first-order valence-corrected chi connectivity index (χ1v) is 4.43. The second-order valence-corrected chi connectivity index (χ2v) is 2.14. The Hall–Kier alpha value is -1.11. The Morgan fingerprint density at radius 1 is 1.17 bits per heavy atom. The third kappa shape index (κ3) is 3.33. The van der Waals surface area contributed by atoms with E-state index in [1.54, 1.807) is 0 Å². The normalized spacial score (nSPS) is 8.25. The predicted molar refractivity (Wildman–Crippen MR) is 52.4 cm³/mol. The van der Waals surface area contributed by atoms with Crippen LogP contribution in [-0.2, 0) is 0 Å². The van der Waals surface area contributed by atoms with E-state index in [9.17, 15) is 4.79 Å². The number of Topliss-reactive ketones (excluding diaryl/α,β-unsaturated/α-hetero) is 1. The molecule has 0 saturated heterocycles. The van der Waals surface area contributed by atoms with Gasteiger partial charge in [0.25, 0.3) is 0 Å². The smallest absolute Gasteiger partial charge is 0.162 e. The molecule has 1 heteroatoms. The van der Waals surface area contributed by atoms with Gasteiger partial charge in [0.1, 0.15) is 0 Å². The fourth-order valence-corrected chi connectivity index (χ4v) is 0.828. The van der Waals surface area contributed by atoms with Crippen molar-refractivity contribution in [1.29, 1.82) is 0 Å². The van der Waals surface area contributed by atoms with Crippen molar-refractivity contribution in [3.8, 4) is 0 Å². The minimum Gasteiger partial charge on any atom is -0.294 e. The van der Waals surface area contributed by atoms with E-state index < -0.39 is 0 Å². The maximum Gasteiger partial charge on any atom is 0.162 e. The molecule has 1 rings (SSSR count). The summed E-state index contributed by atoms with van der Waals surface area (Å²) in [5.74, 6) is 0.209. The van der Waals surface area contributed by atoms with Gasteiger partial charge in [-0.25, -0.2) is 0 Å². The molecule has 0 aliphatic rings. The third-order valence-corrected chi connectivity index (χ3v) is 1.42. The van der Waals surface area contributed by atoms with E-state index in [0.717, 1.165) is 5.56 Å². The van der Waals surface area contributed by atoms with E-state index in [-0.39, 0.29) is 5.78 Å². The Labute approximate surface area is 74.4 Å². The summed E-state index contributed by atoms with van der Waals surface area (Å²) in [5.41, 5.74) is 0.810. The lowest BCUT2D eigenvalue weighted by atomic mass is 10.1. The van der Waals surface area contributed by atoms with Gasteiger partial charge in [0.15, 0.2) is 5.78 Å². The average Bonchev–Trinajstić information content (AvgIpc) is 2.21. The van der Waals surface area contributed by atoms with Crippen LogP contribution in [0.1, 0.15) is 37.6 Å². The molecule has 0 aliphatic carbocycles. The molecule has 1 aromatic carbocycles. The lowest BCUT2D eigenvalue weighted by Gasteiger charge is -1.93. The Kier molecular flexibility index (Phi) is 5.98. The molecule has 0 radical (unpaired) electrons. The Morgan fingerprint density at radius 3 is 2.08 bits per heavy atom. The zero-order chi connectivity index (χ0) is 9.40. The van der Waals surface area contributed by atoms with Crippen LogP contribution in [0.15, 0.2) is 30.3 Å². The van der Waals surface area contributed by atoms with Gasteiger partial charge in [0.05, 0.1) is 0 Å². The summed E-state index contributed by atoms with van der Waals surface area (Å²) in [6, 6.07) is 9.34. The molecule has 0 N–H and O–H groups in total. The maximum atomic E-state index is 11.0. The van der Waals surface area contributed by atoms with Crippen molar-refractivity contribution in [2.75, 3.05) is 0 Å². The Bertz CT molecular complexity index is 214. The number of hydrogen-bond donors (Lipinski definition) is 0. The van der Waals surface area contributed by atoms with Gasteiger partial charge in [-0.05, 0) is 0 Å². The summed E-state index contributed by atoms with van der Waals surface area (Å²) >= 11 is 0. The zero-order valence-corrected chi connectivity index (χ0v) is 8.00. The van der Waals surface area contributed by atoms with Crippen LogP contribution in [0.4, 0.5) is 0 Å². The van der Waals surface area contributed by atoms with Gasteiger partial charge in [-0.1, -0.05) is 51.1 Å². The minimum atomic E-state index is 0.209. The summed E-state index contributed by atoms with van der Waals surface area (Å²) in [6.07, 6.45) is 0.587. The van der Waals surface area contributed by atoms with Gasteiger partial charge in [0.2, 0.25) is 0 Å². The molecule has 12 heavy (non-hydrogen) atoms. The molecular weight excluding hydrogens is 148 g/mol. The van der Waals surface area contributed by atoms with Crippen molar-refractivity contribution in [2.45, 2.75) is 27.2 Å². The first kappa shape index (κ1) is 10.9. The summed E-state index contributed by atoms with van der Waals surface area (Å²) < 4.78 is 0. The highest BCUT2D eigenvalue weighted by Gasteiger charge is 1.98. The van der Waals surface area contributed by atoms with E-state index in [4.69, 9.17) is 0 Å². The number of benzene rings is 1. The standard InChI is InChI=1S/C9H10O.C2H6/c1-2-9(10)8-6-4-3-5-7-8;1-2/h3-7H,2H2,1H3;1-2H3. The second kappa shape index (κ2) is 6.59. The fraction of sp³-hybridized carbons (Fsp3) is 0.364. The highest BCUT2D eigenvalue weighted by atomic mass is 16.1. The van der Waals surface area contributed by atoms with Crippen LogP contribution in [0.3, 0.4) is 0 Å². The number of carbonyl (C=O) groups excluding carboxylic acids is 1. The monoisotopic (exact) mass is 164 g/mol. The Balaban J connectivity index is 0.000000561. The molecule has 66 valence electrons. The molecular formula is C11H16O. The van der Waals surface area contributed by atoms with Gasteiger partial charge in [0, 0.05) is 12.0 Å². The lowest BCUT2D eigenvalue weighted by Crippen LogP contribution is -1.94. The van der Waals surface area contributed by atoms with E-state index in [1.165, 1.54) is 0 Å². The number of hydrogen-bond acceptors (Lipinski definition) is 1. The molecule has 0 atom stereocenters. The second-order valence-electron chi connectivity index (χ2n) is 2.14. The summed E-state index contributed by atoms with van der Waals surface area (Å²) in [6.45, 7) is 5.87. The van der Waals surface area contributed by atoms with Gasteiger partial charge >= 0.3 is 0 Å². The van der Waals surface area contributed by atoms with E-state index >= 15 is 0 Å². The molecule has 0 heterocycles. The number of rotatable bonds is 2. The van der Waals surface area contributed by atoms with Crippen molar-refractivity contribution >= 4 is 5.78 Å². The van der Waals surface area contributed by atoms with Crippen molar-refractivity contribution < 1.29 is 4.79 Å². The zero-order valence-electron chi connectivity index (χ0n) is 8.00. The molecule has 0 saturated carbocycles. The van der Waals surface area contributed by atoms with Crippen LogP contribution < -0.4 is 0 Å². The predicted octanol–water partition coefficient (Wildman–Crippen LogP) is 3.31. The highest BCUT2D eigenvalue weighted by molar-refractivity contribution is 5.95. The van der Waals surface area contributed by atoms with Crippen LogP contribution in [-0.4, -0.2) is 5.78 Å². The quantitative estimate of drug-likeness (QED) is 0.613. The molecule has 0 aromatic heterocycles. The largest absolute Gasteiger partial charge is 0.294 e. The van der Waals surface area contributed by atoms with Crippen LogP contribution in [0.5, 0.6) is 0 Å². The first-order chi connectivity index (χ1) is 5.84. The molecule has 0 unspecified atom stereocenters. The van der Waals surface area contributed by atoms with Crippen molar-refractivity contribution in [3.05, 3.63) is 35.9 Å². The SMILES string of the molecule is CC.CCC(=O)c1ccccc1. The van der Waals surface area contributed by atoms with Gasteiger partial charge < -0.3 is 0 Å². The molecule has 0 fully saturated rings. The third-order valence-electron chi connectivity index (χ3n) is 1.42. The number of ketones is 1. The van der Waals surface area contributed by atoms with Crippen LogP contribution in [0.25, 0.3) is 0 Å². The van der Waals surface area contributed by atoms with Crippen molar-refractivity contribution in [2.24, 2.45) is 0 Å². The van der Waals surface area contributed by atoms with Crippen LogP contribution in [0.2, 0.25) is 0 Å². The van der Waals surface area contributed by atoms with Crippen LogP contribution >= 0.6 is 0 Å². The van der Waals surface area contributed by atoms with Gasteiger partial charge in [-0.2, -0.15) is 0 Å². The van der Waals surface area contributed by atoms with E-state index in [2.05, 4.69) is 0 Å². The fourth-order valence-electron chi connectivity index (χ4n) is 0.828. The topological polar surface area (TPSA) is 17.1 Å². The molecule has 1 nitrogen and oxygen atoms in total. The molecule has 0 amide bonds. The summed E-state index contributed by atoms with van der Waals surface area (Å²) in [4.78, 5) is 11.0. The average molecular weight is 164 g/mol. The lowest BCUT2D eigenvalue weighted by molar-refractivity contribution is 0.0988. The molecule has 0 spiro atoms. The molecule has 0 aliphatic heterocycles.